The maximum absolute atomic E-state index is 11.3. The molecule has 0 amide bonds. The molecule has 0 spiro atoms. The third kappa shape index (κ3) is 4.83. The second-order valence-corrected chi connectivity index (χ2v) is 4.18. The number of Topliss-reactive ketones (excluding diaryl/α,β-unsaturated/α-hetero) is 1. The summed E-state index contributed by atoms with van der Waals surface area (Å²) in [5.74, 6) is -1.69. The van der Waals surface area contributed by atoms with Crippen molar-refractivity contribution in [2.24, 2.45) is 0 Å². The Balaban J connectivity index is 2.11. The quantitative estimate of drug-likeness (QED) is 0.385. The molecule has 0 atom stereocenters. The number of rotatable bonds is 7. The zero-order valence-electron chi connectivity index (χ0n) is 10.5. The molecule has 1 saturated heterocycles. The Hall–Kier alpha value is -0.940. The van der Waals surface area contributed by atoms with Crippen LogP contribution in [0.25, 0.3) is 0 Å². The van der Waals surface area contributed by atoms with E-state index in [9.17, 15) is 9.59 Å². The van der Waals surface area contributed by atoms with Gasteiger partial charge < -0.3 is 14.2 Å². The first kappa shape index (κ1) is 14.1. The van der Waals surface area contributed by atoms with E-state index in [0.29, 0.717) is 19.6 Å². The Kier molecular flexibility index (Phi) is 5.58. The topological polar surface area (TPSA) is 61.8 Å². The highest BCUT2D eigenvalue weighted by Crippen LogP contribution is 2.24. The molecule has 1 rings (SSSR count). The minimum Gasteiger partial charge on any atom is -0.460 e. The molecule has 0 aromatic rings. The number of carbonyl (C=O) groups excluding carboxylic acids is 2. The van der Waals surface area contributed by atoms with Crippen LogP contribution in [0, 0.1) is 0 Å². The monoisotopic (exact) mass is 244 g/mol. The number of hydrogen-bond donors (Lipinski definition) is 0. The predicted molar refractivity (Wildman–Crippen MR) is 60.4 cm³/mol. The fourth-order valence-corrected chi connectivity index (χ4v) is 1.75. The lowest BCUT2D eigenvalue weighted by Crippen LogP contribution is -2.25. The molecule has 0 unspecified atom stereocenters. The maximum Gasteiger partial charge on any atom is 0.374 e. The Morgan fingerprint density at radius 3 is 2.47 bits per heavy atom. The van der Waals surface area contributed by atoms with Crippen molar-refractivity contribution < 1.29 is 23.8 Å². The van der Waals surface area contributed by atoms with E-state index in [1.807, 2.05) is 6.92 Å². The molecule has 0 aliphatic carbocycles. The second-order valence-electron chi connectivity index (χ2n) is 4.18. The fourth-order valence-electron chi connectivity index (χ4n) is 1.75. The minimum atomic E-state index is -0.730. The molecule has 0 bridgehead atoms. The summed E-state index contributed by atoms with van der Waals surface area (Å²) in [6.07, 6.45) is 2.42. The first-order chi connectivity index (χ1) is 8.07. The number of ether oxygens (including phenoxy) is 3. The standard InChI is InChI=1S/C12H20O5/c1-3-15-11(14)10(13)6-4-5-7-12(2)16-8-9-17-12/h3-9H2,1-2H3. The zero-order valence-corrected chi connectivity index (χ0v) is 10.5. The maximum atomic E-state index is 11.3. The van der Waals surface area contributed by atoms with Crippen LogP contribution in [-0.4, -0.2) is 37.4 Å². The molecule has 1 heterocycles. The molecule has 1 fully saturated rings. The van der Waals surface area contributed by atoms with Gasteiger partial charge in [-0.1, -0.05) is 0 Å². The molecule has 1 aliphatic rings. The van der Waals surface area contributed by atoms with Crippen molar-refractivity contribution in [1.82, 2.24) is 0 Å². The lowest BCUT2D eigenvalue weighted by Gasteiger charge is -2.21. The van der Waals surface area contributed by atoms with E-state index in [4.69, 9.17) is 9.47 Å². The highest BCUT2D eigenvalue weighted by Gasteiger charge is 2.30. The van der Waals surface area contributed by atoms with Crippen molar-refractivity contribution >= 4 is 11.8 Å². The summed E-state index contributed by atoms with van der Waals surface area (Å²) < 4.78 is 15.5. The van der Waals surface area contributed by atoms with Crippen LogP contribution < -0.4 is 0 Å². The van der Waals surface area contributed by atoms with Crippen LogP contribution in [0.5, 0.6) is 0 Å². The Morgan fingerprint density at radius 2 is 1.88 bits per heavy atom. The number of ketones is 1. The first-order valence-electron chi connectivity index (χ1n) is 6.05. The third-order valence-corrected chi connectivity index (χ3v) is 2.69. The minimum absolute atomic E-state index is 0.231. The Morgan fingerprint density at radius 1 is 1.24 bits per heavy atom. The number of hydrogen-bond acceptors (Lipinski definition) is 5. The van der Waals surface area contributed by atoms with Gasteiger partial charge in [0.25, 0.3) is 0 Å². The number of carbonyl (C=O) groups is 2. The van der Waals surface area contributed by atoms with Gasteiger partial charge in [-0.05, 0) is 26.7 Å². The van der Waals surface area contributed by atoms with E-state index in [-0.39, 0.29) is 13.0 Å². The normalized spacial score (nSPS) is 18.0. The van der Waals surface area contributed by atoms with Crippen LogP contribution >= 0.6 is 0 Å². The van der Waals surface area contributed by atoms with Gasteiger partial charge in [0.2, 0.25) is 5.78 Å². The fraction of sp³-hybridized carbons (Fsp3) is 0.833. The molecule has 0 N–H and O–H groups in total. The summed E-state index contributed by atoms with van der Waals surface area (Å²) in [5, 5.41) is 0. The van der Waals surface area contributed by atoms with E-state index >= 15 is 0 Å². The second kappa shape index (κ2) is 6.71. The molecule has 1 aliphatic heterocycles. The van der Waals surface area contributed by atoms with Crippen molar-refractivity contribution in [1.29, 1.82) is 0 Å². The van der Waals surface area contributed by atoms with Crippen LogP contribution in [0.2, 0.25) is 0 Å². The summed E-state index contributed by atoms with van der Waals surface area (Å²) >= 11 is 0. The molecule has 5 nitrogen and oxygen atoms in total. The zero-order chi connectivity index (χ0) is 12.7. The highest BCUT2D eigenvalue weighted by molar-refractivity contribution is 6.33. The molecular weight excluding hydrogens is 224 g/mol. The molecule has 0 aromatic heterocycles. The van der Waals surface area contributed by atoms with Crippen molar-refractivity contribution in [3.63, 3.8) is 0 Å². The van der Waals surface area contributed by atoms with Gasteiger partial charge in [-0.3, -0.25) is 4.79 Å². The molecular formula is C12H20O5. The average Bonchev–Trinajstić information content (AvgIpc) is 2.72. The Labute approximate surface area is 101 Å². The van der Waals surface area contributed by atoms with Crippen molar-refractivity contribution in [3.8, 4) is 0 Å². The van der Waals surface area contributed by atoms with Gasteiger partial charge in [-0.2, -0.15) is 0 Å². The van der Waals surface area contributed by atoms with Gasteiger partial charge in [0.1, 0.15) is 0 Å². The van der Waals surface area contributed by atoms with Crippen LogP contribution in [-0.2, 0) is 23.8 Å². The summed E-state index contributed by atoms with van der Waals surface area (Å²) in [4.78, 5) is 22.3. The lowest BCUT2D eigenvalue weighted by molar-refractivity contribution is -0.154. The third-order valence-electron chi connectivity index (χ3n) is 2.69. The SMILES string of the molecule is CCOC(=O)C(=O)CCCCC1(C)OCCO1. The van der Waals surface area contributed by atoms with Gasteiger partial charge in [0.15, 0.2) is 5.79 Å². The van der Waals surface area contributed by atoms with Gasteiger partial charge in [-0.15, -0.1) is 0 Å². The molecule has 98 valence electrons. The summed E-state index contributed by atoms with van der Waals surface area (Å²) in [6.45, 7) is 5.06. The van der Waals surface area contributed by atoms with E-state index in [2.05, 4.69) is 4.74 Å². The van der Waals surface area contributed by atoms with Crippen molar-refractivity contribution in [3.05, 3.63) is 0 Å². The van der Waals surface area contributed by atoms with E-state index in [1.54, 1.807) is 6.92 Å². The van der Waals surface area contributed by atoms with Crippen LogP contribution in [0.1, 0.15) is 39.5 Å². The molecule has 0 aromatic carbocycles. The van der Waals surface area contributed by atoms with E-state index in [1.165, 1.54) is 0 Å². The molecule has 17 heavy (non-hydrogen) atoms. The largest absolute Gasteiger partial charge is 0.460 e. The molecule has 0 radical (unpaired) electrons. The van der Waals surface area contributed by atoms with Gasteiger partial charge in [0, 0.05) is 12.8 Å². The average molecular weight is 244 g/mol. The summed E-state index contributed by atoms with van der Waals surface area (Å²) in [6, 6.07) is 0. The number of esters is 1. The summed E-state index contributed by atoms with van der Waals surface area (Å²) in [7, 11) is 0. The molecule has 0 saturated carbocycles. The lowest BCUT2D eigenvalue weighted by atomic mass is 10.1. The van der Waals surface area contributed by atoms with E-state index in [0.717, 1.165) is 12.8 Å². The smallest absolute Gasteiger partial charge is 0.374 e. The van der Waals surface area contributed by atoms with Crippen molar-refractivity contribution in [2.75, 3.05) is 19.8 Å². The van der Waals surface area contributed by atoms with E-state index < -0.39 is 17.5 Å². The van der Waals surface area contributed by atoms with Gasteiger partial charge >= 0.3 is 5.97 Å². The van der Waals surface area contributed by atoms with Crippen LogP contribution in [0.15, 0.2) is 0 Å². The molecule has 5 heteroatoms. The van der Waals surface area contributed by atoms with Crippen LogP contribution in [0.3, 0.4) is 0 Å². The Bertz CT molecular complexity index is 268. The van der Waals surface area contributed by atoms with Crippen LogP contribution in [0.4, 0.5) is 0 Å². The summed E-state index contributed by atoms with van der Waals surface area (Å²) in [5.41, 5.74) is 0. The van der Waals surface area contributed by atoms with Gasteiger partial charge in [-0.25, -0.2) is 4.79 Å². The van der Waals surface area contributed by atoms with Crippen molar-refractivity contribution in [2.45, 2.75) is 45.3 Å². The first-order valence-corrected chi connectivity index (χ1v) is 6.05. The predicted octanol–water partition coefficient (Wildman–Crippen LogP) is 1.44. The highest BCUT2D eigenvalue weighted by atomic mass is 16.7. The van der Waals surface area contributed by atoms with Gasteiger partial charge in [0.05, 0.1) is 19.8 Å². The number of unbranched alkanes of at least 4 members (excludes halogenated alkanes) is 1.